The third-order valence-corrected chi connectivity index (χ3v) is 6.48. The summed E-state index contributed by atoms with van der Waals surface area (Å²) in [5.74, 6) is 1.67. The van der Waals surface area contributed by atoms with E-state index in [1.54, 1.807) is 27.4 Å². The van der Waals surface area contributed by atoms with Gasteiger partial charge in [-0.25, -0.2) is 9.97 Å². The number of aromatic nitrogens is 4. The number of morpholine rings is 1. The summed E-state index contributed by atoms with van der Waals surface area (Å²) in [7, 11) is 1.91. The van der Waals surface area contributed by atoms with Gasteiger partial charge in [-0.1, -0.05) is 6.07 Å². The molecule has 4 aromatic rings. The molecule has 5 heterocycles. The van der Waals surface area contributed by atoms with E-state index in [1.165, 1.54) is 10.4 Å². The first kappa shape index (κ1) is 17.7. The van der Waals surface area contributed by atoms with Crippen LogP contribution in [0.15, 0.2) is 35.3 Å². The van der Waals surface area contributed by atoms with E-state index in [1.807, 2.05) is 19.4 Å². The highest BCUT2D eigenvalue weighted by Gasteiger charge is 2.19. The average molecular weight is 413 g/mol. The Labute approximate surface area is 170 Å². The molecule has 0 bridgehead atoms. The molecule has 1 saturated heterocycles. The second-order valence-corrected chi connectivity index (χ2v) is 8.52. The number of hydrogen-bond donors (Lipinski definition) is 1. The Bertz CT molecular complexity index is 1080. The highest BCUT2D eigenvalue weighted by molar-refractivity contribution is 7.18. The Hall–Kier alpha value is -2.33. The van der Waals surface area contributed by atoms with Gasteiger partial charge in [-0.15, -0.1) is 22.7 Å². The molecule has 0 aliphatic carbocycles. The van der Waals surface area contributed by atoms with E-state index >= 15 is 0 Å². The predicted octanol–water partition coefficient (Wildman–Crippen LogP) is 3.73. The van der Waals surface area contributed by atoms with Crippen LogP contribution in [0.3, 0.4) is 0 Å². The van der Waals surface area contributed by atoms with Crippen LogP contribution in [-0.4, -0.2) is 51.0 Å². The van der Waals surface area contributed by atoms with E-state index in [0.29, 0.717) is 0 Å². The van der Waals surface area contributed by atoms with Gasteiger partial charge in [0, 0.05) is 42.2 Å². The van der Waals surface area contributed by atoms with Crippen molar-refractivity contribution in [1.29, 1.82) is 0 Å². The molecule has 0 atom stereocenters. The lowest BCUT2D eigenvalue weighted by molar-refractivity contribution is 0.0331. The van der Waals surface area contributed by atoms with Gasteiger partial charge in [0.15, 0.2) is 0 Å². The molecule has 0 radical (unpaired) electrons. The van der Waals surface area contributed by atoms with Gasteiger partial charge in [0.2, 0.25) is 0 Å². The second-order valence-electron chi connectivity index (χ2n) is 6.71. The van der Waals surface area contributed by atoms with Crippen LogP contribution < -0.4 is 5.32 Å². The maximum Gasteiger partial charge on any atom is 0.146 e. The van der Waals surface area contributed by atoms with Crippen molar-refractivity contribution in [1.82, 2.24) is 24.6 Å². The third-order valence-electron chi connectivity index (χ3n) is 4.70. The maximum absolute atomic E-state index is 5.46. The van der Waals surface area contributed by atoms with Crippen LogP contribution in [0.25, 0.3) is 20.7 Å². The van der Waals surface area contributed by atoms with Crippen LogP contribution in [0.5, 0.6) is 0 Å². The van der Waals surface area contributed by atoms with Crippen LogP contribution in [0.2, 0.25) is 0 Å². The predicted molar refractivity (Wildman–Crippen MR) is 113 cm³/mol. The molecular formula is C19H20N6OS2. The molecule has 1 aliphatic heterocycles. The number of ether oxygens (including phenoxy) is 1. The lowest BCUT2D eigenvalue weighted by Crippen LogP contribution is -2.36. The van der Waals surface area contributed by atoms with Crippen molar-refractivity contribution in [2.45, 2.75) is 6.54 Å². The fourth-order valence-corrected chi connectivity index (χ4v) is 5.12. The smallest absolute Gasteiger partial charge is 0.146 e. The molecule has 4 aromatic heterocycles. The molecule has 1 aliphatic rings. The number of nitrogens with zero attached hydrogens (tertiary/aromatic N) is 5. The van der Waals surface area contributed by atoms with Gasteiger partial charge in [-0.2, -0.15) is 5.10 Å². The number of hydrogen-bond acceptors (Lipinski definition) is 8. The Morgan fingerprint density at radius 3 is 2.86 bits per heavy atom. The molecule has 1 fully saturated rings. The summed E-state index contributed by atoms with van der Waals surface area (Å²) < 4.78 is 7.24. The van der Waals surface area contributed by atoms with Crippen molar-refractivity contribution in [3.8, 4) is 10.4 Å². The molecular weight excluding hydrogens is 392 g/mol. The molecule has 0 aromatic carbocycles. The first-order valence-corrected chi connectivity index (χ1v) is 10.9. The second kappa shape index (κ2) is 7.59. The molecule has 144 valence electrons. The van der Waals surface area contributed by atoms with Gasteiger partial charge >= 0.3 is 0 Å². The fraction of sp³-hybridized carbons (Fsp3) is 0.316. The van der Waals surface area contributed by atoms with Crippen molar-refractivity contribution in [2.24, 2.45) is 7.05 Å². The summed E-state index contributed by atoms with van der Waals surface area (Å²) >= 11 is 3.40. The van der Waals surface area contributed by atoms with E-state index in [0.717, 1.165) is 60.4 Å². The zero-order valence-corrected chi connectivity index (χ0v) is 17.1. The molecule has 0 amide bonds. The summed E-state index contributed by atoms with van der Waals surface area (Å²) in [6.07, 6.45) is 3.76. The third kappa shape index (κ3) is 3.53. The van der Waals surface area contributed by atoms with Crippen molar-refractivity contribution in [3.05, 3.63) is 41.1 Å². The highest BCUT2D eigenvalue weighted by Crippen LogP contribution is 2.39. The number of rotatable bonds is 5. The van der Waals surface area contributed by atoms with E-state index < -0.39 is 0 Å². The fourth-order valence-electron chi connectivity index (χ4n) is 3.34. The van der Waals surface area contributed by atoms with Gasteiger partial charge < -0.3 is 10.1 Å². The summed E-state index contributed by atoms with van der Waals surface area (Å²) in [4.78, 5) is 14.4. The number of anilines is 2. The van der Waals surface area contributed by atoms with Crippen LogP contribution in [-0.2, 0) is 18.3 Å². The monoisotopic (exact) mass is 412 g/mol. The lowest BCUT2D eigenvalue weighted by atomic mass is 10.2. The zero-order valence-electron chi connectivity index (χ0n) is 15.5. The molecule has 28 heavy (non-hydrogen) atoms. The van der Waals surface area contributed by atoms with Crippen LogP contribution in [0.4, 0.5) is 11.5 Å². The first-order valence-electron chi connectivity index (χ1n) is 9.14. The topological polar surface area (TPSA) is 68.1 Å². The largest absolute Gasteiger partial charge is 0.379 e. The zero-order chi connectivity index (χ0) is 18.9. The Morgan fingerprint density at radius 1 is 1.21 bits per heavy atom. The number of aryl methyl sites for hydroxylation is 1. The van der Waals surface area contributed by atoms with Gasteiger partial charge in [-0.05, 0) is 11.4 Å². The summed E-state index contributed by atoms with van der Waals surface area (Å²) in [5.41, 5.74) is 2.10. The molecule has 1 N–H and O–H groups in total. The quantitative estimate of drug-likeness (QED) is 0.539. The first-order chi connectivity index (χ1) is 13.8. The minimum atomic E-state index is 0.729. The van der Waals surface area contributed by atoms with E-state index in [2.05, 4.69) is 38.2 Å². The minimum Gasteiger partial charge on any atom is -0.379 e. The van der Waals surface area contributed by atoms with Crippen LogP contribution in [0, 0.1) is 0 Å². The molecule has 0 saturated carbocycles. The van der Waals surface area contributed by atoms with Gasteiger partial charge in [0.05, 0.1) is 37.0 Å². The standard InChI is InChI=1S/C19H20N6OS2/c1-24-10-13(9-20-24)21-18-17-14(15-3-2-8-27-15)12-28-19(17)23-16(22-18)11-25-4-6-26-7-5-25/h2-3,8-10,12H,4-7,11H2,1H3,(H,21,22,23). The van der Waals surface area contributed by atoms with Crippen molar-refractivity contribution < 1.29 is 4.74 Å². The molecule has 5 rings (SSSR count). The normalized spacial score (nSPS) is 15.3. The van der Waals surface area contributed by atoms with E-state index in [-0.39, 0.29) is 0 Å². The Kier molecular flexibility index (Phi) is 4.81. The van der Waals surface area contributed by atoms with Crippen molar-refractivity contribution >= 4 is 44.4 Å². The van der Waals surface area contributed by atoms with Gasteiger partial charge in [-0.3, -0.25) is 9.58 Å². The van der Waals surface area contributed by atoms with E-state index in [4.69, 9.17) is 14.7 Å². The van der Waals surface area contributed by atoms with Crippen LogP contribution in [0.1, 0.15) is 5.82 Å². The van der Waals surface area contributed by atoms with Crippen LogP contribution >= 0.6 is 22.7 Å². The Morgan fingerprint density at radius 2 is 2.11 bits per heavy atom. The van der Waals surface area contributed by atoms with E-state index in [9.17, 15) is 0 Å². The average Bonchev–Trinajstić information content (AvgIpc) is 3.43. The van der Waals surface area contributed by atoms with Gasteiger partial charge in [0.25, 0.3) is 0 Å². The maximum atomic E-state index is 5.46. The summed E-state index contributed by atoms with van der Waals surface area (Å²) in [6, 6.07) is 4.22. The molecule has 9 heteroatoms. The molecule has 0 unspecified atom stereocenters. The highest BCUT2D eigenvalue weighted by atomic mass is 32.1. The van der Waals surface area contributed by atoms with Gasteiger partial charge in [0.1, 0.15) is 16.5 Å². The lowest BCUT2D eigenvalue weighted by Gasteiger charge is -2.25. The minimum absolute atomic E-state index is 0.729. The number of thiophene rings is 2. The SMILES string of the molecule is Cn1cc(Nc2nc(CN3CCOCC3)nc3scc(-c4cccs4)c23)cn1. The summed E-state index contributed by atoms with van der Waals surface area (Å²) in [6.45, 7) is 4.09. The summed E-state index contributed by atoms with van der Waals surface area (Å²) in [5, 5.41) is 13.1. The van der Waals surface area contributed by atoms with Crippen molar-refractivity contribution in [3.63, 3.8) is 0 Å². The molecule has 0 spiro atoms. The van der Waals surface area contributed by atoms with Crippen molar-refractivity contribution in [2.75, 3.05) is 31.6 Å². The number of nitrogens with one attached hydrogen (secondary N) is 1. The molecule has 7 nitrogen and oxygen atoms in total. The Balaban J connectivity index is 1.57. The number of fused-ring (bicyclic) bond motifs is 1.